The molecule has 40 heavy (non-hydrogen) atoms. The molecule has 0 radical (unpaired) electrons. The molecule has 202 valence electrons. The molecule has 0 bridgehead atoms. The van der Waals surface area contributed by atoms with Gasteiger partial charge in [0.2, 0.25) is 0 Å². The van der Waals surface area contributed by atoms with Crippen molar-refractivity contribution in [3.05, 3.63) is 103 Å². The van der Waals surface area contributed by atoms with E-state index in [4.69, 9.17) is 46.4 Å². The molecule has 0 amide bonds. The molecule has 0 fully saturated rings. The fourth-order valence-corrected chi connectivity index (χ4v) is 5.11. The lowest BCUT2D eigenvalue weighted by molar-refractivity contribution is 0.0652. The average molecular weight is 620 g/mol. The first-order chi connectivity index (χ1) is 18.8. The summed E-state index contributed by atoms with van der Waals surface area (Å²) in [5.41, 5.74) is -1.59. The van der Waals surface area contributed by atoms with Crippen LogP contribution in [0.4, 0.5) is 0 Å². The predicted molar refractivity (Wildman–Crippen MR) is 153 cm³/mol. The van der Waals surface area contributed by atoms with Crippen molar-refractivity contribution in [2.45, 2.75) is 0 Å². The molecule has 0 aliphatic rings. The second kappa shape index (κ2) is 11.2. The summed E-state index contributed by atoms with van der Waals surface area (Å²) >= 11 is 23.9. The zero-order valence-corrected chi connectivity index (χ0v) is 22.7. The average Bonchev–Trinajstić information content (AvgIpc) is 2.92. The molecule has 0 aliphatic carbocycles. The van der Waals surface area contributed by atoms with Gasteiger partial charge >= 0.3 is 23.9 Å². The van der Waals surface area contributed by atoms with Gasteiger partial charge in [0.25, 0.3) is 0 Å². The van der Waals surface area contributed by atoms with E-state index in [0.29, 0.717) is 41.6 Å². The lowest BCUT2D eigenvalue weighted by atomic mass is 9.95. The fraction of sp³-hybridized carbons (Fsp3) is 0. The Morgan fingerprint density at radius 2 is 0.675 bits per heavy atom. The predicted octanol–water partition coefficient (Wildman–Crippen LogP) is 8.24. The van der Waals surface area contributed by atoms with Crippen LogP contribution in [0, 0.1) is 0 Å². The van der Waals surface area contributed by atoms with Gasteiger partial charge in [0.1, 0.15) is 0 Å². The van der Waals surface area contributed by atoms with Crippen LogP contribution in [-0.4, -0.2) is 44.3 Å². The molecule has 0 aliphatic heterocycles. The number of aromatic carboxylic acids is 4. The number of benzene rings is 5. The van der Waals surface area contributed by atoms with Gasteiger partial charge in [0, 0.05) is 10.8 Å². The molecule has 0 heterocycles. The van der Waals surface area contributed by atoms with Crippen molar-refractivity contribution in [1.29, 1.82) is 0 Å². The quantitative estimate of drug-likeness (QED) is 0.0892. The zero-order chi connectivity index (χ0) is 29.5. The number of rotatable bonds is 4. The van der Waals surface area contributed by atoms with Crippen LogP contribution in [0.2, 0.25) is 20.1 Å². The molecule has 0 saturated carbocycles. The smallest absolute Gasteiger partial charge is 0.336 e. The summed E-state index contributed by atoms with van der Waals surface area (Å²) < 4.78 is 0. The molecule has 0 saturated heterocycles. The number of carbonyl (C=O) groups is 4. The van der Waals surface area contributed by atoms with E-state index in [-0.39, 0.29) is 0 Å². The van der Waals surface area contributed by atoms with E-state index < -0.39 is 46.1 Å². The third-order valence-electron chi connectivity index (χ3n) is 5.97. The number of halogens is 4. The van der Waals surface area contributed by atoms with Gasteiger partial charge in [0.15, 0.2) is 0 Å². The molecule has 5 aromatic rings. The van der Waals surface area contributed by atoms with Crippen molar-refractivity contribution >= 4 is 103 Å². The molecular formula is C28H14Cl4O8. The van der Waals surface area contributed by atoms with Crippen LogP contribution in [0.1, 0.15) is 41.4 Å². The molecule has 0 spiro atoms. The van der Waals surface area contributed by atoms with Crippen molar-refractivity contribution < 1.29 is 39.6 Å². The number of hydrogen-bond donors (Lipinski definition) is 4. The maximum Gasteiger partial charge on any atom is 0.336 e. The molecule has 0 atom stereocenters. The van der Waals surface area contributed by atoms with E-state index in [1.165, 1.54) is 36.4 Å². The summed E-state index contributed by atoms with van der Waals surface area (Å²) in [5, 5.41) is 41.4. The third-order valence-corrected chi connectivity index (χ3v) is 7.80. The summed E-state index contributed by atoms with van der Waals surface area (Å²) in [5.74, 6) is -5.62. The van der Waals surface area contributed by atoms with Crippen LogP contribution >= 0.6 is 46.4 Å². The molecule has 0 unspecified atom stereocenters. The van der Waals surface area contributed by atoms with Gasteiger partial charge in [-0.2, -0.15) is 0 Å². The summed E-state index contributed by atoms with van der Waals surface area (Å²) in [6, 6.07) is 15.2. The monoisotopic (exact) mass is 618 g/mol. The topological polar surface area (TPSA) is 149 Å². The first kappa shape index (κ1) is 28.9. The first-order valence-electron chi connectivity index (χ1n) is 11.0. The van der Waals surface area contributed by atoms with Crippen molar-refractivity contribution in [2.75, 3.05) is 0 Å². The molecule has 12 heteroatoms. The van der Waals surface area contributed by atoms with Crippen LogP contribution in [-0.2, 0) is 0 Å². The highest BCUT2D eigenvalue weighted by atomic mass is 35.5. The largest absolute Gasteiger partial charge is 0.478 e. The number of fused-ring (bicyclic) bond motifs is 3. The van der Waals surface area contributed by atoms with Gasteiger partial charge in [-0.15, -0.1) is 0 Å². The zero-order valence-electron chi connectivity index (χ0n) is 19.7. The minimum absolute atomic E-state index is 0.303. The van der Waals surface area contributed by atoms with Gasteiger partial charge in [-0.3, -0.25) is 0 Å². The van der Waals surface area contributed by atoms with Crippen LogP contribution < -0.4 is 0 Å². The first-order valence-corrected chi connectivity index (χ1v) is 12.5. The molecule has 5 aromatic carbocycles. The van der Waals surface area contributed by atoms with Crippen molar-refractivity contribution in [3.8, 4) is 0 Å². The van der Waals surface area contributed by atoms with E-state index >= 15 is 0 Å². The Balaban J connectivity index is 0.000000222. The summed E-state index contributed by atoms with van der Waals surface area (Å²) in [6.45, 7) is 0. The maximum absolute atomic E-state index is 11.3. The van der Waals surface area contributed by atoms with Gasteiger partial charge in [0.05, 0.1) is 42.3 Å². The van der Waals surface area contributed by atoms with Gasteiger partial charge in [-0.05, 0) is 57.9 Å². The minimum atomic E-state index is -1.41. The second-order valence-corrected chi connectivity index (χ2v) is 9.88. The van der Waals surface area contributed by atoms with Crippen molar-refractivity contribution in [2.24, 2.45) is 0 Å². The number of carboxylic acid groups (broad SMARTS) is 4. The summed E-state index contributed by atoms with van der Waals surface area (Å²) in [7, 11) is 0. The molecule has 5 rings (SSSR count). The maximum atomic E-state index is 11.3. The molecule has 4 N–H and O–H groups in total. The highest BCUT2D eigenvalue weighted by molar-refractivity contribution is 6.55. The van der Waals surface area contributed by atoms with Gasteiger partial charge in [-0.1, -0.05) is 70.7 Å². The Morgan fingerprint density at radius 3 is 0.900 bits per heavy atom. The van der Waals surface area contributed by atoms with Crippen LogP contribution in [0.5, 0.6) is 0 Å². The van der Waals surface area contributed by atoms with Crippen molar-refractivity contribution in [1.82, 2.24) is 0 Å². The number of carboxylic acids is 4. The standard InChI is InChI=1S/C18H10O8.C10H4Cl4/c19-15(20)11-3-7-1-8-4-12(16(21)22)14(18(25)26)6-10(8)2-9(7)5-13(11)17(23)24;11-7-5-3-1-2-4-6(5)8(12)10(14)9(7)13/h1-6H,(H,19,20)(H,21,22)(H,23,24)(H,25,26);1-4H. The summed E-state index contributed by atoms with van der Waals surface area (Å²) in [6.07, 6.45) is 0. The SMILES string of the molecule is Clc1c(Cl)c(Cl)c2ccccc2c1Cl.O=C(O)c1cc2cc3cc(C(=O)O)c(C(=O)O)cc3cc2cc1C(=O)O. The summed E-state index contributed by atoms with van der Waals surface area (Å²) in [4.78, 5) is 45.2. The Labute approximate surface area is 244 Å². The highest BCUT2D eigenvalue weighted by Gasteiger charge is 2.20. The van der Waals surface area contributed by atoms with E-state index in [1.807, 2.05) is 24.3 Å². The number of hydrogen-bond acceptors (Lipinski definition) is 4. The highest BCUT2D eigenvalue weighted by Crippen LogP contribution is 2.42. The van der Waals surface area contributed by atoms with E-state index in [9.17, 15) is 39.6 Å². The normalized spacial score (nSPS) is 10.8. The second-order valence-electron chi connectivity index (χ2n) is 8.36. The van der Waals surface area contributed by atoms with E-state index in [1.54, 1.807) is 0 Å². The van der Waals surface area contributed by atoms with Crippen LogP contribution in [0.3, 0.4) is 0 Å². The lowest BCUT2D eigenvalue weighted by Gasteiger charge is -2.09. The Morgan fingerprint density at radius 1 is 0.425 bits per heavy atom. The molecule has 0 aromatic heterocycles. The Kier molecular flexibility index (Phi) is 8.09. The fourth-order valence-electron chi connectivity index (χ4n) is 4.10. The van der Waals surface area contributed by atoms with Crippen molar-refractivity contribution in [3.63, 3.8) is 0 Å². The van der Waals surface area contributed by atoms with Gasteiger partial charge < -0.3 is 20.4 Å². The van der Waals surface area contributed by atoms with Gasteiger partial charge in [-0.25, -0.2) is 19.2 Å². The lowest BCUT2D eigenvalue weighted by Crippen LogP contribution is -2.08. The Hall–Kier alpha value is -4.08. The minimum Gasteiger partial charge on any atom is -0.478 e. The molecule has 8 nitrogen and oxygen atoms in total. The van der Waals surface area contributed by atoms with E-state index in [0.717, 1.165) is 10.8 Å². The third kappa shape index (κ3) is 5.35. The van der Waals surface area contributed by atoms with Crippen LogP contribution in [0.15, 0.2) is 60.7 Å². The molecular weight excluding hydrogens is 606 g/mol. The van der Waals surface area contributed by atoms with E-state index in [2.05, 4.69) is 0 Å². The Bertz CT molecular complexity index is 1690. The van der Waals surface area contributed by atoms with Crippen LogP contribution in [0.25, 0.3) is 32.3 Å².